The lowest BCUT2D eigenvalue weighted by Gasteiger charge is -2.14. The number of carbonyl (C=O) groups excluding carboxylic acids is 1. The number of nitrogens with zero attached hydrogens (tertiary/aromatic N) is 1. The molecule has 9 nitrogen and oxygen atoms in total. The Morgan fingerprint density at radius 2 is 1.84 bits per heavy atom. The minimum Gasteiger partial charge on any atom is -0.382 e. The molecule has 1 aliphatic rings. The predicted molar refractivity (Wildman–Crippen MR) is 138 cm³/mol. The molecule has 192 valence electrons. The topological polar surface area (TPSA) is 125 Å². The summed E-state index contributed by atoms with van der Waals surface area (Å²) in [5.74, 6) is -0.117. The zero-order chi connectivity index (χ0) is 25.8. The van der Waals surface area contributed by atoms with Crippen LogP contribution in [0.15, 0.2) is 71.6 Å². The third kappa shape index (κ3) is 6.18. The zero-order valence-electron chi connectivity index (χ0n) is 19.8. The van der Waals surface area contributed by atoms with Crippen molar-refractivity contribution in [1.29, 1.82) is 0 Å². The van der Waals surface area contributed by atoms with Crippen LogP contribution in [-0.2, 0) is 16.7 Å². The molecule has 0 atom stereocenters. The fraction of sp³-hybridized carbons (Fsp3) is 0.231. The quantitative estimate of drug-likeness (QED) is 0.237. The van der Waals surface area contributed by atoms with Crippen LogP contribution in [-0.4, -0.2) is 30.5 Å². The number of aromatic nitrogens is 2. The van der Waals surface area contributed by atoms with Gasteiger partial charge in [0.2, 0.25) is 5.95 Å². The first kappa shape index (κ1) is 24.6. The van der Waals surface area contributed by atoms with Crippen LogP contribution in [0.5, 0.6) is 5.75 Å². The van der Waals surface area contributed by atoms with E-state index >= 15 is 0 Å². The normalized spacial score (nSPS) is 14.0. The van der Waals surface area contributed by atoms with Gasteiger partial charge in [0, 0.05) is 24.3 Å². The smallest absolute Gasteiger partial charge is 0.339 e. The summed E-state index contributed by atoms with van der Waals surface area (Å²) in [4.78, 5) is 19.4. The van der Waals surface area contributed by atoms with E-state index in [0.29, 0.717) is 22.6 Å². The van der Waals surface area contributed by atoms with Crippen LogP contribution in [0.4, 0.5) is 20.8 Å². The van der Waals surface area contributed by atoms with E-state index in [1.165, 1.54) is 49.2 Å². The van der Waals surface area contributed by atoms with Gasteiger partial charge in [-0.1, -0.05) is 25.0 Å². The Balaban J connectivity index is 1.21. The van der Waals surface area contributed by atoms with Gasteiger partial charge in [0.25, 0.3) is 0 Å². The number of hydrogen-bond acceptors (Lipinski definition) is 6. The zero-order valence-corrected chi connectivity index (χ0v) is 20.6. The van der Waals surface area contributed by atoms with Gasteiger partial charge in [0.15, 0.2) is 0 Å². The number of H-pyrrole nitrogens is 1. The highest BCUT2D eigenvalue weighted by Crippen LogP contribution is 2.26. The lowest BCUT2D eigenvalue weighted by Crippen LogP contribution is -2.28. The van der Waals surface area contributed by atoms with E-state index in [0.717, 1.165) is 18.5 Å². The number of rotatable bonds is 8. The van der Waals surface area contributed by atoms with Gasteiger partial charge in [-0.25, -0.2) is 14.2 Å². The van der Waals surface area contributed by atoms with Gasteiger partial charge < -0.3 is 19.8 Å². The van der Waals surface area contributed by atoms with E-state index < -0.39 is 16.1 Å². The number of nitrogens with one attached hydrogen (secondary N) is 4. The highest BCUT2D eigenvalue weighted by Gasteiger charge is 2.19. The van der Waals surface area contributed by atoms with Gasteiger partial charge >= 0.3 is 16.1 Å². The summed E-state index contributed by atoms with van der Waals surface area (Å²) >= 11 is 0. The SMILES string of the molecule is O=C(NCc1cccc(F)c1)Nc1nc2ccc(OS(=O)(=O)c3ccc(NC4CCCC4)cc3)cc2[nH]1. The Labute approximate surface area is 213 Å². The summed E-state index contributed by atoms with van der Waals surface area (Å²) in [5, 5.41) is 8.61. The summed E-state index contributed by atoms with van der Waals surface area (Å²) in [6.07, 6.45) is 4.66. The van der Waals surface area contributed by atoms with E-state index in [1.807, 2.05) is 0 Å². The van der Waals surface area contributed by atoms with Crippen molar-refractivity contribution in [3.8, 4) is 5.75 Å². The standard InChI is InChI=1S/C26H26FN5O4S/c27-18-5-3-4-17(14-18)16-28-26(33)32-25-30-23-13-10-21(15-24(23)31-25)36-37(34,35)22-11-8-20(9-12-22)29-19-6-1-2-7-19/h3-5,8-15,19,29H,1-2,6-7,16H2,(H3,28,30,31,32,33). The third-order valence-electron chi connectivity index (χ3n) is 6.10. The maximum absolute atomic E-state index is 13.3. The molecule has 3 aromatic carbocycles. The first-order valence-electron chi connectivity index (χ1n) is 11.9. The van der Waals surface area contributed by atoms with Crippen LogP contribution in [0.1, 0.15) is 31.2 Å². The monoisotopic (exact) mass is 523 g/mol. The van der Waals surface area contributed by atoms with Crippen molar-refractivity contribution in [1.82, 2.24) is 15.3 Å². The number of carbonyl (C=O) groups is 1. The Morgan fingerprint density at radius 3 is 2.59 bits per heavy atom. The van der Waals surface area contributed by atoms with Crippen LogP contribution in [0.25, 0.3) is 11.0 Å². The second-order valence-electron chi connectivity index (χ2n) is 8.89. The maximum Gasteiger partial charge on any atom is 0.339 e. The number of urea groups is 1. The molecule has 0 spiro atoms. The molecule has 1 aromatic heterocycles. The fourth-order valence-electron chi connectivity index (χ4n) is 4.28. The molecule has 0 unspecified atom stereocenters. The maximum atomic E-state index is 13.3. The van der Waals surface area contributed by atoms with Crippen LogP contribution < -0.4 is 20.1 Å². The van der Waals surface area contributed by atoms with E-state index in [-0.39, 0.29) is 29.0 Å². The second-order valence-corrected chi connectivity index (χ2v) is 10.4. The number of halogens is 1. The molecule has 0 aliphatic heterocycles. The minimum absolute atomic E-state index is 0.0477. The molecule has 2 amide bonds. The van der Waals surface area contributed by atoms with E-state index in [9.17, 15) is 17.6 Å². The number of fused-ring (bicyclic) bond motifs is 1. The Morgan fingerprint density at radius 1 is 1.05 bits per heavy atom. The number of anilines is 2. The van der Waals surface area contributed by atoms with Gasteiger partial charge in [-0.05, 0) is 66.9 Å². The number of imidazole rings is 1. The Hall–Kier alpha value is -4.12. The first-order valence-corrected chi connectivity index (χ1v) is 13.3. The number of benzene rings is 3. The van der Waals surface area contributed by atoms with Gasteiger partial charge in [-0.2, -0.15) is 8.42 Å². The van der Waals surface area contributed by atoms with E-state index in [1.54, 1.807) is 30.3 Å². The predicted octanol–water partition coefficient (Wildman–Crippen LogP) is 5.15. The van der Waals surface area contributed by atoms with Gasteiger partial charge in [-0.15, -0.1) is 0 Å². The average Bonchev–Trinajstić information content (AvgIpc) is 3.52. The second kappa shape index (κ2) is 10.5. The molecular formula is C26H26FN5O4S. The van der Waals surface area contributed by atoms with Crippen molar-refractivity contribution in [2.45, 2.75) is 43.2 Å². The van der Waals surface area contributed by atoms with Crippen molar-refractivity contribution in [2.24, 2.45) is 0 Å². The number of amides is 2. The summed E-state index contributed by atoms with van der Waals surface area (Å²) in [6.45, 7) is 0.136. The fourth-order valence-corrected chi connectivity index (χ4v) is 5.20. The third-order valence-corrected chi connectivity index (χ3v) is 7.36. The van der Waals surface area contributed by atoms with Crippen molar-refractivity contribution in [2.75, 3.05) is 10.6 Å². The Bertz CT molecular complexity index is 1520. The number of hydrogen-bond donors (Lipinski definition) is 4. The lowest BCUT2D eigenvalue weighted by atomic mass is 10.2. The highest BCUT2D eigenvalue weighted by molar-refractivity contribution is 7.87. The summed E-state index contributed by atoms with van der Waals surface area (Å²) in [6, 6.07) is 16.9. The lowest BCUT2D eigenvalue weighted by molar-refractivity contribution is 0.251. The molecule has 11 heteroatoms. The molecule has 1 saturated carbocycles. The molecule has 1 fully saturated rings. The van der Waals surface area contributed by atoms with E-state index in [4.69, 9.17) is 4.18 Å². The molecule has 4 N–H and O–H groups in total. The van der Waals surface area contributed by atoms with Crippen molar-refractivity contribution in [3.63, 3.8) is 0 Å². The van der Waals surface area contributed by atoms with Crippen LogP contribution in [0.3, 0.4) is 0 Å². The first-order chi connectivity index (χ1) is 17.8. The molecule has 4 aromatic rings. The summed E-state index contributed by atoms with van der Waals surface area (Å²) in [5.41, 5.74) is 2.48. The summed E-state index contributed by atoms with van der Waals surface area (Å²) in [7, 11) is -4.04. The van der Waals surface area contributed by atoms with Crippen LogP contribution in [0, 0.1) is 5.82 Å². The molecular weight excluding hydrogens is 497 g/mol. The molecule has 1 heterocycles. The molecule has 37 heavy (non-hydrogen) atoms. The largest absolute Gasteiger partial charge is 0.382 e. The Kier molecular flexibility index (Phi) is 6.95. The molecule has 1 aliphatic carbocycles. The van der Waals surface area contributed by atoms with Gasteiger partial charge in [-0.3, -0.25) is 5.32 Å². The average molecular weight is 524 g/mol. The van der Waals surface area contributed by atoms with Gasteiger partial charge in [0.05, 0.1) is 11.0 Å². The number of aromatic amines is 1. The summed E-state index contributed by atoms with van der Waals surface area (Å²) < 4.78 is 44.2. The van der Waals surface area contributed by atoms with Crippen molar-refractivity contribution >= 4 is 38.8 Å². The molecule has 0 bridgehead atoms. The minimum atomic E-state index is -4.04. The van der Waals surface area contributed by atoms with Crippen molar-refractivity contribution in [3.05, 3.63) is 78.1 Å². The van der Waals surface area contributed by atoms with Crippen LogP contribution >= 0.6 is 0 Å². The molecule has 0 saturated heterocycles. The van der Waals surface area contributed by atoms with Gasteiger partial charge in [0.1, 0.15) is 16.5 Å². The highest BCUT2D eigenvalue weighted by atomic mass is 32.2. The van der Waals surface area contributed by atoms with E-state index in [2.05, 4.69) is 25.9 Å². The molecule has 0 radical (unpaired) electrons. The van der Waals surface area contributed by atoms with Crippen molar-refractivity contribution < 1.29 is 21.8 Å². The van der Waals surface area contributed by atoms with Crippen LogP contribution in [0.2, 0.25) is 0 Å². The molecule has 5 rings (SSSR count).